The molecule has 0 amide bonds. The maximum atomic E-state index is 12.9. The summed E-state index contributed by atoms with van der Waals surface area (Å²) in [6.07, 6.45) is 7.86. The fourth-order valence-electron chi connectivity index (χ4n) is 3.92. The van der Waals surface area contributed by atoms with E-state index in [4.69, 9.17) is 0 Å². The predicted molar refractivity (Wildman–Crippen MR) is 108 cm³/mol. The van der Waals surface area contributed by atoms with E-state index in [1.165, 1.54) is 0 Å². The molecule has 1 atom stereocenters. The Morgan fingerprint density at radius 3 is 2.77 bits per heavy atom. The number of rotatable bonds is 7. The smallest absolute Gasteiger partial charge is 0.142 e. The van der Waals surface area contributed by atoms with Crippen molar-refractivity contribution in [1.82, 2.24) is 19.7 Å². The van der Waals surface area contributed by atoms with Crippen LogP contribution in [0.2, 0.25) is 0 Å². The van der Waals surface area contributed by atoms with Gasteiger partial charge in [0.1, 0.15) is 27.7 Å². The molecule has 2 N–H and O–H groups in total. The summed E-state index contributed by atoms with van der Waals surface area (Å²) in [5, 5.41) is 1.06. The van der Waals surface area contributed by atoms with Crippen molar-refractivity contribution in [2.75, 3.05) is 30.8 Å². The first-order chi connectivity index (χ1) is 12.6. The third kappa shape index (κ3) is 4.17. The van der Waals surface area contributed by atoms with Gasteiger partial charge < -0.3 is 9.88 Å². The van der Waals surface area contributed by atoms with Crippen LogP contribution in [0.25, 0.3) is 11.0 Å². The SMILES string of the molecule is CCN=S(=O)(CC1CCC(N(C)c2ncnc3[nH]ccc23)CC1)NCC. The van der Waals surface area contributed by atoms with E-state index in [-0.39, 0.29) is 0 Å². The molecule has 7 nitrogen and oxygen atoms in total. The molecular weight excluding hydrogens is 348 g/mol. The molecule has 0 spiro atoms. The maximum absolute atomic E-state index is 12.9. The van der Waals surface area contributed by atoms with Crippen molar-refractivity contribution < 1.29 is 4.21 Å². The van der Waals surface area contributed by atoms with Gasteiger partial charge in [-0.05, 0) is 44.6 Å². The third-order valence-corrected chi connectivity index (χ3v) is 7.54. The summed E-state index contributed by atoms with van der Waals surface area (Å²) in [5.41, 5.74) is 0.877. The van der Waals surface area contributed by atoms with Crippen LogP contribution < -0.4 is 9.62 Å². The molecule has 26 heavy (non-hydrogen) atoms. The first-order valence-electron chi connectivity index (χ1n) is 9.52. The Morgan fingerprint density at radius 2 is 2.08 bits per heavy atom. The Kier molecular flexibility index (Phi) is 6.13. The zero-order valence-electron chi connectivity index (χ0n) is 15.9. The lowest BCUT2D eigenvalue weighted by Gasteiger charge is -2.35. The van der Waals surface area contributed by atoms with Crippen molar-refractivity contribution in [1.29, 1.82) is 0 Å². The van der Waals surface area contributed by atoms with Crippen molar-refractivity contribution in [2.24, 2.45) is 10.3 Å². The van der Waals surface area contributed by atoms with Crippen LogP contribution in [-0.2, 0) is 9.92 Å². The van der Waals surface area contributed by atoms with E-state index in [0.717, 1.165) is 42.5 Å². The van der Waals surface area contributed by atoms with Gasteiger partial charge >= 0.3 is 0 Å². The number of nitrogens with one attached hydrogen (secondary N) is 2. The third-order valence-electron chi connectivity index (χ3n) is 5.20. The Bertz CT molecular complexity index is 833. The van der Waals surface area contributed by atoms with Gasteiger partial charge in [0.2, 0.25) is 0 Å². The highest BCUT2D eigenvalue weighted by molar-refractivity contribution is 7.91. The van der Waals surface area contributed by atoms with Crippen LogP contribution in [0.3, 0.4) is 0 Å². The molecule has 1 unspecified atom stereocenters. The molecule has 2 aromatic rings. The van der Waals surface area contributed by atoms with E-state index in [1.54, 1.807) is 6.33 Å². The molecule has 0 bridgehead atoms. The Labute approximate surface area is 156 Å². The number of aromatic nitrogens is 3. The highest BCUT2D eigenvalue weighted by Crippen LogP contribution is 2.32. The standard InChI is InChI=1S/C18H30N6OS/c1-4-22-26(25,23-5-2)12-14-6-8-15(9-7-14)24(3)18-16-10-11-19-17(16)20-13-21-18/h10-11,13-15H,4-9,12H2,1-3H3,(H,19,20,21)(H,22,23,25). The van der Waals surface area contributed by atoms with Crippen LogP contribution in [0, 0.1) is 5.92 Å². The summed E-state index contributed by atoms with van der Waals surface area (Å²) in [6.45, 7) is 5.23. The topological polar surface area (TPSA) is 86.3 Å². The number of anilines is 1. The molecule has 0 radical (unpaired) electrons. The molecule has 3 rings (SSSR count). The second-order valence-corrected chi connectivity index (χ2v) is 9.13. The van der Waals surface area contributed by atoms with Gasteiger partial charge in [0.15, 0.2) is 0 Å². The molecule has 0 aliphatic heterocycles. The van der Waals surface area contributed by atoms with Crippen molar-refractivity contribution in [3.63, 3.8) is 0 Å². The molecule has 1 aliphatic rings. The van der Waals surface area contributed by atoms with E-state index in [9.17, 15) is 4.21 Å². The van der Waals surface area contributed by atoms with Crippen LogP contribution in [0.1, 0.15) is 39.5 Å². The lowest BCUT2D eigenvalue weighted by molar-refractivity contribution is 0.342. The zero-order valence-corrected chi connectivity index (χ0v) is 16.8. The van der Waals surface area contributed by atoms with E-state index >= 15 is 0 Å². The normalized spacial score (nSPS) is 22.9. The predicted octanol–water partition coefficient (Wildman–Crippen LogP) is 2.97. The van der Waals surface area contributed by atoms with Crippen LogP contribution >= 0.6 is 0 Å². The Balaban J connectivity index is 1.64. The summed E-state index contributed by atoms with van der Waals surface area (Å²) in [7, 11) is -0.144. The van der Waals surface area contributed by atoms with Gasteiger partial charge in [-0.2, -0.15) is 0 Å². The van der Waals surface area contributed by atoms with Gasteiger partial charge in [-0.25, -0.2) is 23.3 Å². The highest BCUT2D eigenvalue weighted by Gasteiger charge is 2.28. The number of H-pyrrole nitrogens is 1. The van der Waals surface area contributed by atoms with E-state index in [0.29, 0.717) is 30.8 Å². The number of fused-ring (bicyclic) bond motifs is 1. The van der Waals surface area contributed by atoms with Gasteiger partial charge in [-0.15, -0.1) is 0 Å². The van der Waals surface area contributed by atoms with Crippen LogP contribution in [0.4, 0.5) is 5.82 Å². The van der Waals surface area contributed by atoms with Crippen LogP contribution in [0.15, 0.2) is 23.0 Å². The molecular formula is C18H30N6OS. The van der Waals surface area contributed by atoms with Gasteiger partial charge in [0, 0.05) is 38.1 Å². The maximum Gasteiger partial charge on any atom is 0.142 e. The largest absolute Gasteiger partial charge is 0.356 e. The summed E-state index contributed by atoms with van der Waals surface area (Å²) in [6, 6.07) is 2.49. The van der Waals surface area contributed by atoms with Crippen LogP contribution in [-0.4, -0.2) is 51.1 Å². The summed E-state index contributed by atoms with van der Waals surface area (Å²) >= 11 is 0. The number of hydrogen-bond donors (Lipinski definition) is 2. The molecule has 8 heteroatoms. The Morgan fingerprint density at radius 1 is 1.31 bits per heavy atom. The van der Waals surface area contributed by atoms with Crippen LogP contribution in [0.5, 0.6) is 0 Å². The van der Waals surface area contributed by atoms with E-state index < -0.39 is 9.92 Å². The summed E-state index contributed by atoms with van der Waals surface area (Å²) < 4.78 is 20.4. The minimum Gasteiger partial charge on any atom is -0.356 e. The first-order valence-corrected chi connectivity index (χ1v) is 11.2. The van der Waals surface area contributed by atoms with Gasteiger partial charge in [-0.1, -0.05) is 6.92 Å². The lowest BCUT2D eigenvalue weighted by Crippen LogP contribution is -2.38. The molecule has 0 saturated heterocycles. The molecule has 2 heterocycles. The number of aromatic amines is 1. The van der Waals surface area contributed by atoms with Crippen molar-refractivity contribution in [3.8, 4) is 0 Å². The van der Waals surface area contributed by atoms with Gasteiger partial charge in [0.25, 0.3) is 0 Å². The highest BCUT2D eigenvalue weighted by atomic mass is 32.2. The first kappa shape index (κ1) is 19.1. The second kappa shape index (κ2) is 8.35. The van der Waals surface area contributed by atoms with E-state index in [1.807, 2.05) is 26.1 Å². The minimum atomic E-state index is -2.26. The second-order valence-electron chi connectivity index (χ2n) is 6.97. The molecule has 1 fully saturated rings. The molecule has 2 aromatic heterocycles. The lowest BCUT2D eigenvalue weighted by atomic mass is 9.86. The van der Waals surface area contributed by atoms with Gasteiger partial charge in [0.05, 0.1) is 5.39 Å². The average molecular weight is 379 g/mol. The minimum absolute atomic E-state index is 0.456. The molecule has 1 aliphatic carbocycles. The van der Waals surface area contributed by atoms with Crippen molar-refractivity contribution in [2.45, 2.75) is 45.6 Å². The Hall–Kier alpha value is -1.67. The van der Waals surface area contributed by atoms with Crippen molar-refractivity contribution in [3.05, 3.63) is 18.6 Å². The molecule has 0 aromatic carbocycles. The summed E-state index contributed by atoms with van der Waals surface area (Å²) in [4.78, 5) is 14.2. The fraction of sp³-hybridized carbons (Fsp3) is 0.667. The molecule has 144 valence electrons. The molecule has 1 saturated carbocycles. The average Bonchev–Trinajstić information content (AvgIpc) is 3.11. The number of nitrogens with zero attached hydrogens (tertiary/aromatic N) is 4. The quantitative estimate of drug-likeness (QED) is 0.775. The summed E-state index contributed by atoms with van der Waals surface area (Å²) in [5.74, 6) is 2.12. The van der Waals surface area contributed by atoms with Gasteiger partial charge in [-0.3, -0.25) is 0 Å². The zero-order chi connectivity index (χ0) is 18.6. The van der Waals surface area contributed by atoms with Crippen molar-refractivity contribution >= 4 is 26.8 Å². The number of hydrogen-bond acceptors (Lipinski definition) is 5. The fourth-order valence-corrected chi connectivity index (χ4v) is 6.08. The van der Waals surface area contributed by atoms with E-state index in [2.05, 4.69) is 36.0 Å². The monoisotopic (exact) mass is 378 g/mol.